The van der Waals surface area contributed by atoms with Gasteiger partial charge in [-0.25, -0.2) is 0 Å². The fourth-order valence-electron chi connectivity index (χ4n) is 0.951. The van der Waals surface area contributed by atoms with Crippen LogP contribution in [0, 0.1) is 5.92 Å². The van der Waals surface area contributed by atoms with E-state index in [-0.39, 0.29) is 0 Å². The van der Waals surface area contributed by atoms with E-state index in [0.29, 0.717) is 12.5 Å². The summed E-state index contributed by atoms with van der Waals surface area (Å²) in [6.45, 7) is 0.396. The molecular formula is C6H12OS. The Morgan fingerprint density at radius 1 is 1.62 bits per heavy atom. The molecule has 0 aromatic rings. The van der Waals surface area contributed by atoms with Gasteiger partial charge in [0.2, 0.25) is 0 Å². The maximum atomic E-state index is 8.68. The second-order valence-corrected chi connectivity index (χ2v) is 3.42. The zero-order valence-corrected chi connectivity index (χ0v) is 5.78. The smallest absolute Gasteiger partial charge is 0.0467 e. The van der Waals surface area contributed by atoms with E-state index >= 15 is 0 Å². The number of aliphatic hydroxyl groups excluding tert-OH is 1. The third-order valence-electron chi connectivity index (χ3n) is 1.51. The van der Waals surface area contributed by atoms with Crippen molar-refractivity contribution in [1.82, 2.24) is 0 Å². The molecule has 0 radical (unpaired) electrons. The normalized spacial score (nSPS) is 30.4. The average molecular weight is 132 g/mol. The Bertz CT molecular complexity index is 59.5. The summed E-state index contributed by atoms with van der Waals surface area (Å²) >= 11 is 1.97. The van der Waals surface area contributed by atoms with E-state index in [1.54, 1.807) is 0 Å². The van der Waals surface area contributed by atoms with Gasteiger partial charge in [0, 0.05) is 6.61 Å². The maximum absolute atomic E-state index is 8.68. The van der Waals surface area contributed by atoms with Crippen molar-refractivity contribution in [2.24, 2.45) is 5.92 Å². The largest absolute Gasteiger partial charge is 0.396 e. The van der Waals surface area contributed by atoms with Gasteiger partial charge in [-0.3, -0.25) is 0 Å². The molecule has 1 saturated heterocycles. The Balaban J connectivity index is 2.13. The van der Waals surface area contributed by atoms with Crippen LogP contribution in [0.4, 0.5) is 0 Å². The van der Waals surface area contributed by atoms with Gasteiger partial charge in [0.05, 0.1) is 0 Å². The van der Waals surface area contributed by atoms with E-state index in [4.69, 9.17) is 5.11 Å². The molecule has 1 unspecified atom stereocenters. The van der Waals surface area contributed by atoms with Crippen molar-refractivity contribution < 1.29 is 5.11 Å². The average Bonchev–Trinajstić information content (AvgIpc) is 1.90. The van der Waals surface area contributed by atoms with Crippen molar-refractivity contribution in [3.05, 3.63) is 0 Å². The van der Waals surface area contributed by atoms with Crippen molar-refractivity contribution >= 4 is 11.8 Å². The van der Waals surface area contributed by atoms with Crippen LogP contribution in [0.1, 0.15) is 12.8 Å². The summed E-state index contributed by atoms with van der Waals surface area (Å²) in [6, 6.07) is 0. The number of hydrogen-bond donors (Lipinski definition) is 1. The molecule has 0 aliphatic carbocycles. The molecule has 1 heterocycles. The maximum Gasteiger partial charge on any atom is 0.0467 e. The molecular weight excluding hydrogens is 120 g/mol. The fourth-order valence-corrected chi connectivity index (χ4v) is 2.09. The predicted octanol–water partition coefficient (Wildman–Crippen LogP) is 1.12. The lowest BCUT2D eigenvalue weighted by Crippen LogP contribution is -2.13. The first kappa shape index (κ1) is 6.43. The van der Waals surface area contributed by atoms with Crippen molar-refractivity contribution in [1.29, 1.82) is 0 Å². The van der Waals surface area contributed by atoms with Crippen LogP contribution >= 0.6 is 11.8 Å². The third kappa shape index (κ3) is 1.67. The zero-order valence-electron chi connectivity index (χ0n) is 4.97. The Kier molecular flexibility index (Phi) is 2.70. The second-order valence-electron chi connectivity index (χ2n) is 2.27. The van der Waals surface area contributed by atoms with Gasteiger partial charge in [-0.2, -0.15) is 11.8 Å². The summed E-state index contributed by atoms with van der Waals surface area (Å²) in [5.41, 5.74) is 0. The molecule has 1 aliphatic heterocycles. The highest BCUT2D eigenvalue weighted by Crippen LogP contribution is 2.21. The zero-order chi connectivity index (χ0) is 5.82. The summed E-state index contributed by atoms with van der Waals surface area (Å²) < 4.78 is 0. The molecule has 1 rings (SSSR count). The first-order valence-electron chi connectivity index (χ1n) is 3.12. The van der Waals surface area contributed by atoms with Crippen molar-refractivity contribution in [3.63, 3.8) is 0 Å². The van der Waals surface area contributed by atoms with Gasteiger partial charge < -0.3 is 5.11 Å². The van der Waals surface area contributed by atoms with Crippen molar-refractivity contribution in [3.8, 4) is 0 Å². The predicted molar refractivity (Wildman–Crippen MR) is 37.1 cm³/mol. The topological polar surface area (TPSA) is 20.2 Å². The molecule has 0 bridgehead atoms. The summed E-state index contributed by atoms with van der Waals surface area (Å²) in [7, 11) is 0. The van der Waals surface area contributed by atoms with Crippen LogP contribution < -0.4 is 0 Å². The summed E-state index contributed by atoms with van der Waals surface area (Å²) in [5, 5.41) is 8.68. The van der Waals surface area contributed by atoms with Gasteiger partial charge in [-0.05, 0) is 30.3 Å². The minimum atomic E-state index is 0.396. The highest BCUT2D eigenvalue weighted by Gasteiger charge is 2.11. The fraction of sp³-hybridized carbons (Fsp3) is 1.00. The number of thioether (sulfide) groups is 1. The van der Waals surface area contributed by atoms with Gasteiger partial charge in [0.1, 0.15) is 0 Å². The van der Waals surface area contributed by atoms with Crippen LogP contribution in [0.25, 0.3) is 0 Å². The van der Waals surface area contributed by atoms with E-state index in [1.807, 2.05) is 11.8 Å². The first-order chi connectivity index (χ1) is 3.93. The van der Waals surface area contributed by atoms with E-state index in [9.17, 15) is 0 Å². The number of aliphatic hydroxyl groups is 1. The Hall–Kier alpha value is 0.310. The van der Waals surface area contributed by atoms with Gasteiger partial charge in [0.25, 0.3) is 0 Å². The lowest BCUT2D eigenvalue weighted by molar-refractivity contribution is 0.230. The molecule has 0 amide bonds. The lowest BCUT2D eigenvalue weighted by Gasteiger charge is -2.17. The van der Waals surface area contributed by atoms with E-state index in [1.165, 1.54) is 24.3 Å². The molecule has 1 atom stereocenters. The van der Waals surface area contributed by atoms with Crippen LogP contribution in [-0.4, -0.2) is 23.2 Å². The Labute approximate surface area is 54.5 Å². The first-order valence-corrected chi connectivity index (χ1v) is 4.27. The Morgan fingerprint density at radius 2 is 2.50 bits per heavy atom. The molecule has 0 saturated carbocycles. The van der Waals surface area contributed by atoms with Gasteiger partial charge in [0.15, 0.2) is 0 Å². The van der Waals surface area contributed by atoms with Crippen LogP contribution in [0.3, 0.4) is 0 Å². The Morgan fingerprint density at radius 3 is 2.88 bits per heavy atom. The highest BCUT2D eigenvalue weighted by atomic mass is 32.2. The molecule has 1 aliphatic rings. The van der Waals surface area contributed by atoms with E-state index in [0.717, 1.165) is 0 Å². The van der Waals surface area contributed by atoms with Crippen LogP contribution in [-0.2, 0) is 0 Å². The standard InChI is InChI=1S/C6H12OS/c7-4-6-2-1-3-8-5-6/h6-7H,1-5H2. The van der Waals surface area contributed by atoms with Crippen molar-refractivity contribution in [2.75, 3.05) is 18.1 Å². The van der Waals surface area contributed by atoms with Gasteiger partial charge in [-0.1, -0.05) is 0 Å². The summed E-state index contributed by atoms with van der Waals surface area (Å²) in [4.78, 5) is 0. The monoisotopic (exact) mass is 132 g/mol. The van der Waals surface area contributed by atoms with Crippen LogP contribution in [0.5, 0.6) is 0 Å². The van der Waals surface area contributed by atoms with E-state index in [2.05, 4.69) is 0 Å². The van der Waals surface area contributed by atoms with Crippen molar-refractivity contribution in [2.45, 2.75) is 12.8 Å². The molecule has 0 aromatic heterocycles. The number of hydrogen-bond acceptors (Lipinski definition) is 2. The molecule has 0 aromatic carbocycles. The molecule has 2 heteroatoms. The number of rotatable bonds is 1. The molecule has 1 fully saturated rings. The molecule has 0 spiro atoms. The van der Waals surface area contributed by atoms with Gasteiger partial charge in [-0.15, -0.1) is 0 Å². The van der Waals surface area contributed by atoms with Crippen LogP contribution in [0.15, 0.2) is 0 Å². The summed E-state index contributed by atoms with van der Waals surface area (Å²) in [6.07, 6.45) is 2.54. The SMILES string of the molecule is OCC1CCCSC1. The minimum Gasteiger partial charge on any atom is -0.396 e. The van der Waals surface area contributed by atoms with Crippen LogP contribution in [0.2, 0.25) is 0 Å². The lowest BCUT2D eigenvalue weighted by atomic mass is 10.1. The van der Waals surface area contributed by atoms with Gasteiger partial charge >= 0.3 is 0 Å². The second kappa shape index (κ2) is 3.36. The van der Waals surface area contributed by atoms with E-state index < -0.39 is 0 Å². The third-order valence-corrected chi connectivity index (χ3v) is 2.80. The molecule has 1 N–H and O–H groups in total. The molecule has 48 valence electrons. The highest BCUT2D eigenvalue weighted by molar-refractivity contribution is 7.99. The summed E-state index contributed by atoms with van der Waals surface area (Å²) in [5.74, 6) is 3.08. The molecule has 8 heavy (non-hydrogen) atoms. The minimum absolute atomic E-state index is 0.396. The molecule has 1 nitrogen and oxygen atoms in total. The quantitative estimate of drug-likeness (QED) is 0.577.